The number of benzene rings is 4. The van der Waals surface area contributed by atoms with Crippen LogP contribution in [0, 0.1) is 12.7 Å². The van der Waals surface area contributed by atoms with Crippen LogP contribution in [0.5, 0.6) is 0 Å². The number of para-hydroxylation sites is 1. The summed E-state index contributed by atoms with van der Waals surface area (Å²) in [5.41, 5.74) is 2.87. The average molecular weight is 574 g/mol. The molecular formula is C32H32FN3O4S. The highest BCUT2D eigenvalue weighted by Gasteiger charge is 2.34. The third-order valence-electron chi connectivity index (χ3n) is 6.84. The maximum atomic E-state index is 14.2. The summed E-state index contributed by atoms with van der Waals surface area (Å²) in [7, 11) is -2.77. The van der Waals surface area contributed by atoms with Crippen molar-refractivity contribution in [3.63, 3.8) is 0 Å². The van der Waals surface area contributed by atoms with Crippen LogP contribution in [-0.2, 0) is 32.6 Å². The third kappa shape index (κ3) is 7.18. The summed E-state index contributed by atoms with van der Waals surface area (Å²) in [6, 6.07) is 28.6. The van der Waals surface area contributed by atoms with E-state index in [1.54, 1.807) is 30.3 Å². The van der Waals surface area contributed by atoms with Gasteiger partial charge in [0.1, 0.15) is 18.4 Å². The third-order valence-corrected chi connectivity index (χ3v) is 8.63. The van der Waals surface area contributed by atoms with Crippen LogP contribution in [-0.4, -0.2) is 44.8 Å². The van der Waals surface area contributed by atoms with Crippen molar-refractivity contribution in [2.24, 2.45) is 0 Å². The molecule has 0 radical (unpaired) electrons. The predicted octanol–water partition coefficient (Wildman–Crippen LogP) is 4.72. The summed E-state index contributed by atoms with van der Waals surface area (Å²) in [5, 5.41) is 2.67. The van der Waals surface area contributed by atoms with E-state index in [-0.39, 0.29) is 29.5 Å². The molecule has 7 nitrogen and oxygen atoms in total. The van der Waals surface area contributed by atoms with Gasteiger partial charge in [0.05, 0.1) is 10.6 Å². The van der Waals surface area contributed by atoms with Crippen LogP contribution in [0.3, 0.4) is 0 Å². The van der Waals surface area contributed by atoms with Gasteiger partial charge in [0.2, 0.25) is 11.8 Å². The molecule has 0 bridgehead atoms. The molecule has 0 aliphatic heterocycles. The monoisotopic (exact) mass is 573 g/mol. The molecule has 9 heteroatoms. The molecule has 4 rings (SSSR count). The summed E-state index contributed by atoms with van der Waals surface area (Å²) in [6.45, 7) is 1.44. The first-order valence-electron chi connectivity index (χ1n) is 13.1. The van der Waals surface area contributed by atoms with E-state index >= 15 is 0 Å². The normalized spacial score (nSPS) is 11.9. The van der Waals surface area contributed by atoms with E-state index in [1.165, 1.54) is 24.1 Å². The van der Waals surface area contributed by atoms with Gasteiger partial charge in [0.15, 0.2) is 0 Å². The molecule has 41 heavy (non-hydrogen) atoms. The number of anilines is 1. The van der Waals surface area contributed by atoms with Crippen molar-refractivity contribution in [1.82, 2.24) is 10.2 Å². The first kappa shape index (κ1) is 29.5. The van der Waals surface area contributed by atoms with Gasteiger partial charge in [-0.3, -0.25) is 13.9 Å². The van der Waals surface area contributed by atoms with Crippen molar-refractivity contribution in [2.75, 3.05) is 17.9 Å². The van der Waals surface area contributed by atoms with Crippen molar-refractivity contribution in [1.29, 1.82) is 0 Å². The summed E-state index contributed by atoms with van der Waals surface area (Å²) >= 11 is 0. The summed E-state index contributed by atoms with van der Waals surface area (Å²) in [5.74, 6) is -1.51. The molecule has 0 heterocycles. The molecule has 0 aromatic heterocycles. The van der Waals surface area contributed by atoms with Crippen LogP contribution in [0.15, 0.2) is 114 Å². The summed E-state index contributed by atoms with van der Waals surface area (Å²) in [6.07, 6.45) is 0.230. The highest BCUT2D eigenvalue weighted by atomic mass is 32.2. The van der Waals surface area contributed by atoms with Crippen molar-refractivity contribution in [3.8, 4) is 0 Å². The van der Waals surface area contributed by atoms with Gasteiger partial charge < -0.3 is 10.2 Å². The highest BCUT2D eigenvalue weighted by molar-refractivity contribution is 7.92. The Morgan fingerprint density at radius 2 is 1.41 bits per heavy atom. The minimum atomic E-state index is -4.27. The lowest BCUT2D eigenvalue weighted by Crippen LogP contribution is -2.53. The maximum absolute atomic E-state index is 14.2. The number of aryl methyl sites for hydroxylation is 1. The molecule has 0 unspecified atom stereocenters. The second-order valence-corrected chi connectivity index (χ2v) is 11.4. The molecule has 1 N–H and O–H groups in total. The van der Waals surface area contributed by atoms with Gasteiger partial charge in [-0.25, -0.2) is 12.8 Å². The number of nitrogens with zero attached hydrogens (tertiary/aromatic N) is 2. The quantitative estimate of drug-likeness (QED) is 0.282. The van der Waals surface area contributed by atoms with E-state index in [9.17, 15) is 22.4 Å². The van der Waals surface area contributed by atoms with Crippen LogP contribution >= 0.6 is 0 Å². The van der Waals surface area contributed by atoms with Crippen molar-refractivity contribution in [3.05, 3.63) is 132 Å². The number of amides is 2. The minimum absolute atomic E-state index is 0.0929. The Morgan fingerprint density at radius 3 is 2.02 bits per heavy atom. The topological polar surface area (TPSA) is 86.8 Å². The Hall–Kier alpha value is -4.50. The standard InChI is InChI=1S/C32H32FN3O4S/c1-24-11-9-10-14-26(24)22-35(30(32(38)34-2)21-25-12-5-3-6-13-25)31(37)23-36(28-15-7-4-8-16-28)41(39,40)29-19-17-27(33)18-20-29/h3-20,30H,21-23H2,1-2H3,(H,34,38)/t30-/m0/s1. The zero-order valence-corrected chi connectivity index (χ0v) is 23.7. The van der Waals surface area contributed by atoms with Gasteiger partial charge in [-0.2, -0.15) is 0 Å². The van der Waals surface area contributed by atoms with Gasteiger partial charge in [-0.05, 0) is 60.0 Å². The number of rotatable bonds is 11. The van der Waals surface area contributed by atoms with Crippen molar-refractivity contribution in [2.45, 2.75) is 30.8 Å². The lowest BCUT2D eigenvalue weighted by Gasteiger charge is -2.34. The molecular weight excluding hydrogens is 541 g/mol. The number of hydrogen-bond donors (Lipinski definition) is 1. The Morgan fingerprint density at radius 1 is 0.829 bits per heavy atom. The molecule has 1 atom stereocenters. The van der Waals surface area contributed by atoms with Crippen LogP contribution in [0.4, 0.5) is 10.1 Å². The minimum Gasteiger partial charge on any atom is -0.357 e. The van der Waals surface area contributed by atoms with Crippen molar-refractivity contribution >= 4 is 27.5 Å². The molecule has 2 amide bonds. The molecule has 0 aliphatic carbocycles. The number of carbonyl (C=O) groups is 2. The van der Waals surface area contributed by atoms with E-state index < -0.39 is 34.3 Å². The number of carbonyl (C=O) groups excluding carboxylic acids is 2. The fourth-order valence-electron chi connectivity index (χ4n) is 4.55. The van der Waals surface area contributed by atoms with E-state index in [0.29, 0.717) is 0 Å². The molecule has 212 valence electrons. The number of nitrogens with one attached hydrogen (secondary N) is 1. The van der Waals surface area contributed by atoms with Crippen LogP contribution in [0.2, 0.25) is 0 Å². The second kappa shape index (κ2) is 13.2. The van der Waals surface area contributed by atoms with Gasteiger partial charge in [0.25, 0.3) is 10.0 Å². The zero-order valence-electron chi connectivity index (χ0n) is 22.9. The van der Waals surface area contributed by atoms with Gasteiger partial charge in [-0.15, -0.1) is 0 Å². The van der Waals surface area contributed by atoms with E-state index in [2.05, 4.69) is 5.32 Å². The number of hydrogen-bond acceptors (Lipinski definition) is 4. The Bertz CT molecular complexity index is 1580. The molecule has 0 saturated carbocycles. The SMILES string of the molecule is CNC(=O)[C@H](Cc1ccccc1)N(Cc1ccccc1C)C(=O)CN(c1ccccc1)S(=O)(=O)c1ccc(F)cc1. The molecule has 0 fully saturated rings. The van der Waals surface area contributed by atoms with Crippen molar-refractivity contribution < 1.29 is 22.4 Å². The first-order chi connectivity index (χ1) is 19.7. The molecule has 0 aliphatic rings. The van der Waals surface area contributed by atoms with Gasteiger partial charge >= 0.3 is 0 Å². The van der Waals surface area contributed by atoms with E-state index in [4.69, 9.17) is 0 Å². The lowest BCUT2D eigenvalue weighted by atomic mass is 10.0. The average Bonchev–Trinajstić information content (AvgIpc) is 2.99. The van der Waals surface area contributed by atoms with Gasteiger partial charge in [-0.1, -0.05) is 72.8 Å². The Labute approximate surface area is 240 Å². The van der Waals surface area contributed by atoms with Gasteiger partial charge in [0, 0.05) is 20.0 Å². The number of halogens is 1. The first-order valence-corrected chi connectivity index (χ1v) is 14.6. The largest absolute Gasteiger partial charge is 0.357 e. The van der Waals surface area contributed by atoms with E-state index in [1.807, 2.05) is 61.5 Å². The molecule has 0 saturated heterocycles. The molecule has 0 spiro atoms. The molecule has 4 aromatic carbocycles. The number of likely N-dealkylation sites (N-methyl/N-ethyl adjacent to an activating group) is 1. The Balaban J connectivity index is 1.78. The lowest BCUT2D eigenvalue weighted by molar-refractivity contribution is -0.139. The Kier molecular flexibility index (Phi) is 9.52. The highest BCUT2D eigenvalue weighted by Crippen LogP contribution is 2.25. The van der Waals surface area contributed by atoms with Crippen LogP contribution < -0.4 is 9.62 Å². The predicted molar refractivity (Wildman–Crippen MR) is 157 cm³/mol. The van der Waals surface area contributed by atoms with E-state index in [0.717, 1.165) is 33.1 Å². The number of sulfonamides is 1. The zero-order chi connectivity index (χ0) is 29.4. The van der Waals surface area contributed by atoms with Crippen LogP contribution in [0.1, 0.15) is 16.7 Å². The second-order valence-electron chi connectivity index (χ2n) is 9.57. The molecule has 4 aromatic rings. The van der Waals surface area contributed by atoms with Crippen LogP contribution in [0.25, 0.3) is 0 Å². The smallest absolute Gasteiger partial charge is 0.264 e. The fourth-order valence-corrected chi connectivity index (χ4v) is 5.96. The summed E-state index contributed by atoms with van der Waals surface area (Å²) in [4.78, 5) is 28.8. The maximum Gasteiger partial charge on any atom is 0.264 e. The summed E-state index contributed by atoms with van der Waals surface area (Å²) < 4.78 is 42.3. The fraction of sp³-hybridized carbons (Fsp3) is 0.188.